The highest BCUT2D eigenvalue weighted by atomic mass is 19.1. The minimum atomic E-state index is -0.435. The number of aromatic nitrogens is 1. The van der Waals surface area contributed by atoms with Crippen LogP contribution in [0.5, 0.6) is 5.75 Å². The van der Waals surface area contributed by atoms with Crippen LogP contribution in [0.2, 0.25) is 0 Å². The Morgan fingerprint density at radius 1 is 1.22 bits per heavy atom. The first kappa shape index (κ1) is 15.3. The summed E-state index contributed by atoms with van der Waals surface area (Å²) in [5.41, 5.74) is 0.200. The summed E-state index contributed by atoms with van der Waals surface area (Å²) in [6.07, 6.45) is 4.91. The fourth-order valence-corrected chi connectivity index (χ4v) is 2.54. The van der Waals surface area contributed by atoms with E-state index in [1.165, 1.54) is 6.07 Å². The van der Waals surface area contributed by atoms with Crippen LogP contribution in [0.3, 0.4) is 0 Å². The maximum atomic E-state index is 13.6. The molecular formula is C17H18FN3O2. The molecule has 0 bridgehead atoms. The molecule has 0 atom stereocenters. The van der Waals surface area contributed by atoms with Crippen molar-refractivity contribution in [3.8, 4) is 5.75 Å². The van der Waals surface area contributed by atoms with Crippen LogP contribution >= 0.6 is 0 Å². The zero-order valence-electron chi connectivity index (χ0n) is 12.6. The molecule has 1 N–H and O–H groups in total. The number of nitrogens with zero attached hydrogens (tertiary/aromatic N) is 2. The summed E-state index contributed by atoms with van der Waals surface area (Å²) >= 11 is 0. The van der Waals surface area contributed by atoms with Crippen LogP contribution < -0.4 is 10.1 Å². The largest absolute Gasteiger partial charge is 0.489 e. The van der Waals surface area contributed by atoms with Gasteiger partial charge in [-0.2, -0.15) is 0 Å². The molecule has 0 aliphatic carbocycles. The number of rotatable bonds is 3. The second kappa shape index (κ2) is 7.09. The van der Waals surface area contributed by atoms with E-state index in [4.69, 9.17) is 4.74 Å². The predicted octanol–water partition coefficient (Wildman–Crippen LogP) is 3.30. The lowest BCUT2D eigenvalue weighted by molar-refractivity contribution is 0.115. The van der Waals surface area contributed by atoms with Gasteiger partial charge in [0.15, 0.2) is 0 Å². The summed E-state index contributed by atoms with van der Waals surface area (Å²) in [5, 5.41) is 2.61. The maximum Gasteiger partial charge on any atom is 0.321 e. The average Bonchev–Trinajstić information content (AvgIpc) is 2.58. The molecule has 5 nitrogen and oxygen atoms in total. The molecule has 1 aromatic heterocycles. The minimum Gasteiger partial charge on any atom is -0.489 e. The number of piperidine rings is 1. The number of benzene rings is 1. The summed E-state index contributed by atoms with van der Waals surface area (Å²) in [5.74, 6) is 0.303. The van der Waals surface area contributed by atoms with E-state index in [0.29, 0.717) is 13.1 Å². The number of ether oxygens (including phenoxy) is 1. The minimum absolute atomic E-state index is 0.0664. The molecule has 3 rings (SSSR count). The number of carbonyl (C=O) groups excluding carboxylic acids is 1. The maximum absolute atomic E-state index is 13.6. The molecule has 23 heavy (non-hydrogen) atoms. The molecule has 0 spiro atoms. The molecular weight excluding hydrogens is 297 g/mol. The number of hydrogen-bond acceptors (Lipinski definition) is 3. The van der Waals surface area contributed by atoms with Crippen molar-refractivity contribution in [3.63, 3.8) is 0 Å². The Balaban J connectivity index is 1.50. The third-order valence-corrected chi connectivity index (χ3v) is 3.78. The summed E-state index contributed by atoms with van der Waals surface area (Å²) in [6.45, 7) is 1.15. The molecule has 1 saturated heterocycles. The van der Waals surface area contributed by atoms with E-state index in [1.807, 2.05) is 12.1 Å². The Morgan fingerprint density at radius 3 is 2.70 bits per heavy atom. The van der Waals surface area contributed by atoms with Crippen LogP contribution in [0.25, 0.3) is 0 Å². The number of likely N-dealkylation sites (tertiary alicyclic amines) is 1. The third-order valence-electron chi connectivity index (χ3n) is 3.78. The molecule has 1 aromatic carbocycles. The van der Waals surface area contributed by atoms with Gasteiger partial charge < -0.3 is 15.0 Å². The molecule has 2 aromatic rings. The van der Waals surface area contributed by atoms with Gasteiger partial charge in [0.25, 0.3) is 0 Å². The molecule has 120 valence electrons. The first-order valence-corrected chi connectivity index (χ1v) is 7.59. The van der Waals surface area contributed by atoms with Gasteiger partial charge in [0, 0.05) is 32.1 Å². The van der Waals surface area contributed by atoms with Gasteiger partial charge in [0.05, 0.1) is 11.9 Å². The van der Waals surface area contributed by atoms with E-state index in [2.05, 4.69) is 10.3 Å². The first-order valence-electron chi connectivity index (χ1n) is 7.59. The lowest BCUT2D eigenvalue weighted by atomic mass is 10.1. The lowest BCUT2D eigenvalue weighted by Crippen LogP contribution is -2.43. The number of nitrogens with one attached hydrogen (secondary N) is 1. The van der Waals surface area contributed by atoms with E-state index >= 15 is 0 Å². The standard InChI is InChI=1S/C17H18FN3O2/c18-15-5-1-2-6-16(15)20-17(22)21-10-7-13(8-11-21)23-14-4-3-9-19-12-14/h1-6,9,12-13H,7-8,10-11H2,(H,20,22). The van der Waals surface area contributed by atoms with E-state index in [9.17, 15) is 9.18 Å². The number of pyridine rings is 1. The van der Waals surface area contributed by atoms with Crippen LogP contribution in [0.1, 0.15) is 12.8 Å². The Labute approximate surface area is 134 Å². The van der Waals surface area contributed by atoms with Gasteiger partial charge in [0.1, 0.15) is 17.7 Å². The van der Waals surface area contributed by atoms with Crippen molar-refractivity contribution in [1.29, 1.82) is 0 Å². The van der Waals surface area contributed by atoms with Crippen molar-refractivity contribution < 1.29 is 13.9 Å². The van der Waals surface area contributed by atoms with Crippen LogP contribution in [0, 0.1) is 5.82 Å². The number of para-hydroxylation sites is 1. The van der Waals surface area contributed by atoms with Gasteiger partial charge in [-0.05, 0) is 24.3 Å². The molecule has 0 saturated carbocycles. The Kier molecular flexibility index (Phi) is 4.71. The van der Waals surface area contributed by atoms with E-state index in [0.717, 1.165) is 18.6 Å². The number of urea groups is 1. The second-order valence-electron chi connectivity index (χ2n) is 5.40. The van der Waals surface area contributed by atoms with Crippen molar-refractivity contribution in [1.82, 2.24) is 9.88 Å². The zero-order valence-corrected chi connectivity index (χ0v) is 12.6. The number of anilines is 1. The Morgan fingerprint density at radius 2 is 2.00 bits per heavy atom. The molecule has 1 aliphatic rings. The SMILES string of the molecule is O=C(Nc1ccccc1F)N1CCC(Oc2cccnc2)CC1. The van der Waals surface area contributed by atoms with Gasteiger partial charge >= 0.3 is 6.03 Å². The lowest BCUT2D eigenvalue weighted by Gasteiger charge is -2.32. The fourth-order valence-electron chi connectivity index (χ4n) is 2.54. The second-order valence-corrected chi connectivity index (χ2v) is 5.40. The predicted molar refractivity (Wildman–Crippen MR) is 84.9 cm³/mol. The van der Waals surface area contributed by atoms with E-state index < -0.39 is 5.82 Å². The Bertz CT molecular complexity index is 658. The van der Waals surface area contributed by atoms with E-state index in [-0.39, 0.29) is 17.8 Å². The number of hydrogen-bond donors (Lipinski definition) is 1. The summed E-state index contributed by atoms with van der Waals surface area (Å²) in [6, 6.07) is 9.56. The molecule has 0 radical (unpaired) electrons. The zero-order chi connectivity index (χ0) is 16.1. The third kappa shape index (κ3) is 3.97. The van der Waals surface area contributed by atoms with Crippen LogP contribution in [0.4, 0.5) is 14.9 Å². The van der Waals surface area contributed by atoms with E-state index in [1.54, 1.807) is 35.5 Å². The molecule has 2 heterocycles. The summed E-state index contributed by atoms with van der Waals surface area (Å²) < 4.78 is 19.4. The van der Waals surface area contributed by atoms with Crippen molar-refractivity contribution in [3.05, 3.63) is 54.6 Å². The van der Waals surface area contributed by atoms with Crippen molar-refractivity contribution in [2.45, 2.75) is 18.9 Å². The average molecular weight is 315 g/mol. The van der Waals surface area contributed by atoms with Crippen LogP contribution in [-0.2, 0) is 0 Å². The van der Waals surface area contributed by atoms with Gasteiger partial charge in [-0.15, -0.1) is 0 Å². The first-order chi connectivity index (χ1) is 11.2. The van der Waals surface area contributed by atoms with Gasteiger partial charge in [-0.3, -0.25) is 4.98 Å². The topological polar surface area (TPSA) is 54.5 Å². The Hall–Kier alpha value is -2.63. The quantitative estimate of drug-likeness (QED) is 0.945. The highest BCUT2D eigenvalue weighted by Gasteiger charge is 2.24. The normalized spacial score (nSPS) is 15.3. The van der Waals surface area contributed by atoms with Gasteiger partial charge in [-0.25, -0.2) is 9.18 Å². The summed E-state index contributed by atoms with van der Waals surface area (Å²) in [7, 11) is 0. The molecule has 1 fully saturated rings. The summed E-state index contributed by atoms with van der Waals surface area (Å²) in [4.78, 5) is 17.9. The number of halogens is 1. The van der Waals surface area contributed by atoms with Crippen molar-refractivity contribution in [2.24, 2.45) is 0 Å². The highest BCUT2D eigenvalue weighted by molar-refractivity contribution is 5.89. The molecule has 0 unspecified atom stereocenters. The highest BCUT2D eigenvalue weighted by Crippen LogP contribution is 2.19. The van der Waals surface area contributed by atoms with Gasteiger partial charge in [-0.1, -0.05) is 12.1 Å². The van der Waals surface area contributed by atoms with Crippen molar-refractivity contribution in [2.75, 3.05) is 18.4 Å². The van der Waals surface area contributed by atoms with Crippen LogP contribution in [-0.4, -0.2) is 35.1 Å². The van der Waals surface area contributed by atoms with Crippen molar-refractivity contribution >= 4 is 11.7 Å². The number of carbonyl (C=O) groups is 1. The monoisotopic (exact) mass is 315 g/mol. The smallest absolute Gasteiger partial charge is 0.321 e. The van der Waals surface area contributed by atoms with Gasteiger partial charge in [0.2, 0.25) is 0 Å². The molecule has 6 heteroatoms. The molecule has 2 amide bonds. The fraction of sp³-hybridized carbons (Fsp3) is 0.294. The number of amides is 2. The molecule has 1 aliphatic heterocycles. The van der Waals surface area contributed by atoms with Crippen LogP contribution in [0.15, 0.2) is 48.8 Å².